The molecule has 69 heavy (non-hydrogen) atoms. The van der Waals surface area contributed by atoms with Crippen molar-refractivity contribution in [1.29, 1.82) is 0 Å². The molecular weight excluding hydrogens is 885 g/mol. The van der Waals surface area contributed by atoms with Gasteiger partial charge in [-0.1, -0.05) is 256 Å². The largest absolute Gasteiger partial charge is 0.468 e. The fourth-order valence-corrected chi connectivity index (χ4v) is 9.81. The van der Waals surface area contributed by atoms with Crippen LogP contribution in [0.1, 0.15) is 257 Å². The molecule has 1 heterocycles. The summed E-state index contributed by atoms with van der Waals surface area (Å²) in [6.45, 7) is 6.91. The molecule has 0 unspecified atom stereocenters. The van der Waals surface area contributed by atoms with Gasteiger partial charge in [0.15, 0.2) is 6.29 Å². The number of aryl methyl sites for hydroxylation is 1. The van der Waals surface area contributed by atoms with Crippen LogP contribution in [0.2, 0.25) is 0 Å². The second kappa shape index (κ2) is 44.1. The van der Waals surface area contributed by atoms with Crippen LogP contribution in [0.5, 0.6) is 0 Å². The van der Waals surface area contributed by atoms with Crippen molar-refractivity contribution in [1.82, 2.24) is 5.32 Å². The van der Waals surface area contributed by atoms with Gasteiger partial charge < -0.3 is 50.4 Å². The molecular formula is C58H108N2O8S. The minimum Gasteiger partial charge on any atom is -0.468 e. The summed E-state index contributed by atoms with van der Waals surface area (Å²) in [5.74, 6) is 0. The highest BCUT2D eigenvalue weighted by Crippen LogP contribution is 2.24. The normalized spacial score (nSPS) is 19.7. The zero-order valence-corrected chi connectivity index (χ0v) is 45.4. The van der Waals surface area contributed by atoms with E-state index in [1.807, 2.05) is 31.2 Å². The number of benzene rings is 1. The zero-order chi connectivity index (χ0) is 50.0. The van der Waals surface area contributed by atoms with Gasteiger partial charge in [0.25, 0.3) is 5.17 Å². The molecule has 11 heteroatoms. The predicted molar refractivity (Wildman–Crippen MR) is 292 cm³/mol. The third-order valence-corrected chi connectivity index (χ3v) is 14.6. The van der Waals surface area contributed by atoms with Crippen LogP contribution in [0.25, 0.3) is 0 Å². The van der Waals surface area contributed by atoms with E-state index in [4.69, 9.17) is 26.4 Å². The van der Waals surface area contributed by atoms with Crippen molar-refractivity contribution in [2.45, 2.75) is 307 Å². The maximum absolute atomic E-state index is 11.4. The fourth-order valence-electron chi connectivity index (χ4n) is 9.63. The van der Waals surface area contributed by atoms with Crippen LogP contribution in [0, 0.1) is 6.92 Å². The van der Waals surface area contributed by atoms with Gasteiger partial charge in [0.2, 0.25) is 0 Å². The van der Waals surface area contributed by atoms with Gasteiger partial charge in [-0.25, -0.2) is 0 Å². The van der Waals surface area contributed by atoms with Gasteiger partial charge in [0, 0.05) is 5.69 Å². The molecule has 1 aromatic rings. The first kappa shape index (κ1) is 63.7. The third-order valence-electron chi connectivity index (χ3n) is 14.4. The van der Waals surface area contributed by atoms with Crippen molar-refractivity contribution in [3.05, 3.63) is 29.8 Å². The molecule has 1 aliphatic heterocycles. The van der Waals surface area contributed by atoms with E-state index in [-0.39, 0.29) is 18.4 Å². The molecule has 0 radical (unpaired) electrons. The van der Waals surface area contributed by atoms with Gasteiger partial charge in [-0.15, -0.1) is 0 Å². The number of nitrogens with one attached hydrogen (secondary N) is 2. The SMILES string of the molecule is CCCCCCCCCCCCCCCCCCCCCCCCCCN[C@@H](CO[C@H]1O[C@H](COC(=S)Nc2ccc(C)cc2)[C@H](O)[C@H](O)[C@H]1O)[C@H](O)[C@H](O)CCCCCCCCCCCCCC. The van der Waals surface area contributed by atoms with E-state index in [2.05, 4.69) is 24.5 Å². The summed E-state index contributed by atoms with van der Waals surface area (Å²) < 4.78 is 17.6. The van der Waals surface area contributed by atoms with E-state index in [0.29, 0.717) is 13.0 Å². The first-order valence-electron chi connectivity index (χ1n) is 29.1. The lowest BCUT2D eigenvalue weighted by atomic mass is 9.98. The molecule has 2 rings (SSSR count). The number of aliphatic hydroxyl groups excluding tert-OH is 5. The minimum absolute atomic E-state index is 0.0722. The Morgan fingerprint density at radius 3 is 1.36 bits per heavy atom. The second-order valence-electron chi connectivity index (χ2n) is 20.9. The quantitative estimate of drug-likeness (QED) is 0.0247. The standard InChI is InChI=1S/C58H108N2O8S/c1-4-6-8-10-12-14-16-18-19-20-21-22-23-24-25-26-27-28-29-31-33-35-37-39-45-59-50(53(62)51(61)40-38-36-34-32-30-17-15-13-11-9-7-5-2)46-66-57-56(65)55(64)54(63)52(68-57)47-67-58(69)60-49-43-41-48(3)42-44-49/h41-44,50-57,59,61-65H,4-40,45-47H2,1-3H3,(H,60,69)/t50-,51+,52+,53-,54-,55-,56+,57-/m0/s1. The Morgan fingerprint density at radius 1 is 0.551 bits per heavy atom. The maximum Gasteiger partial charge on any atom is 0.261 e. The summed E-state index contributed by atoms with van der Waals surface area (Å²) in [6.07, 6.45) is 38.7. The lowest BCUT2D eigenvalue weighted by molar-refractivity contribution is -0.302. The summed E-state index contributed by atoms with van der Waals surface area (Å²) >= 11 is 5.34. The van der Waals surface area contributed by atoms with E-state index >= 15 is 0 Å². The van der Waals surface area contributed by atoms with Crippen LogP contribution in [0.15, 0.2) is 24.3 Å². The molecule has 7 N–H and O–H groups in total. The molecule has 10 nitrogen and oxygen atoms in total. The molecule has 0 spiro atoms. The first-order chi connectivity index (χ1) is 33.7. The number of aliphatic hydroxyl groups is 5. The van der Waals surface area contributed by atoms with Crippen LogP contribution in [-0.2, 0) is 14.2 Å². The Labute approximate surface area is 428 Å². The molecule has 0 aliphatic carbocycles. The molecule has 8 atom stereocenters. The summed E-state index contributed by atoms with van der Waals surface area (Å²) in [5.41, 5.74) is 1.85. The number of anilines is 1. The topological polar surface area (TPSA) is 153 Å². The second-order valence-corrected chi connectivity index (χ2v) is 21.2. The number of hydrogen-bond donors (Lipinski definition) is 7. The minimum atomic E-state index is -1.55. The van der Waals surface area contributed by atoms with Crippen molar-refractivity contribution >= 4 is 23.1 Å². The van der Waals surface area contributed by atoms with Gasteiger partial charge in [0.05, 0.1) is 24.9 Å². The summed E-state index contributed by atoms with van der Waals surface area (Å²) in [6, 6.07) is 7.00. The maximum atomic E-state index is 11.4. The van der Waals surface area contributed by atoms with E-state index < -0.39 is 49.0 Å². The Balaban J connectivity index is 1.68. The first-order valence-corrected chi connectivity index (χ1v) is 29.5. The van der Waals surface area contributed by atoms with Crippen LogP contribution >= 0.6 is 12.2 Å². The lowest BCUT2D eigenvalue weighted by Crippen LogP contribution is -2.60. The summed E-state index contributed by atoms with van der Waals surface area (Å²) in [5, 5.41) is 61.4. The predicted octanol–water partition coefficient (Wildman–Crippen LogP) is 13.7. The number of rotatable bonds is 47. The van der Waals surface area contributed by atoms with Crippen molar-refractivity contribution < 1.29 is 39.7 Å². The highest BCUT2D eigenvalue weighted by atomic mass is 32.1. The Hall–Kier alpha value is -1.41. The number of hydrogen-bond acceptors (Lipinski definition) is 10. The van der Waals surface area contributed by atoms with Crippen LogP contribution in [0.3, 0.4) is 0 Å². The Bertz CT molecular complexity index is 1290. The average Bonchev–Trinajstić information content (AvgIpc) is 3.35. The van der Waals surface area contributed by atoms with Crippen molar-refractivity contribution in [2.75, 3.05) is 25.1 Å². The van der Waals surface area contributed by atoms with Gasteiger partial charge >= 0.3 is 0 Å². The number of ether oxygens (including phenoxy) is 3. The van der Waals surface area contributed by atoms with Crippen LogP contribution in [0.4, 0.5) is 5.69 Å². The summed E-state index contributed by atoms with van der Waals surface area (Å²) in [4.78, 5) is 0. The van der Waals surface area contributed by atoms with Crippen molar-refractivity contribution in [3.63, 3.8) is 0 Å². The number of thiocarbonyl (C=S) groups is 1. The van der Waals surface area contributed by atoms with Crippen LogP contribution < -0.4 is 10.6 Å². The van der Waals surface area contributed by atoms with E-state index in [1.165, 1.54) is 199 Å². The molecule has 0 aromatic heterocycles. The van der Waals surface area contributed by atoms with Crippen molar-refractivity contribution in [3.8, 4) is 0 Å². The molecule has 404 valence electrons. The highest BCUT2D eigenvalue weighted by molar-refractivity contribution is 7.80. The highest BCUT2D eigenvalue weighted by Gasteiger charge is 2.45. The van der Waals surface area contributed by atoms with E-state index in [9.17, 15) is 25.5 Å². The lowest BCUT2D eigenvalue weighted by Gasteiger charge is -2.40. The van der Waals surface area contributed by atoms with Crippen molar-refractivity contribution in [2.24, 2.45) is 0 Å². The molecule has 0 saturated carbocycles. The fraction of sp³-hybridized carbons (Fsp3) is 0.879. The molecule has 0 bridgehead atoms. The molecule has 1 aromatic carbocycles. The Morgan fingerprint density at radius 2 is 0.942 bits per heavy atom. The van der Waals surface area contributed by atoms with E-state index in [0.717, 1.165) is 43.4 Å². The van der Waals surface area contributed by atoms with Gasteiger partial charge in [-0.3, -0.25) is 0 Å². The molecule has 0 amide bonds. The molecule has 1 aliphatic rings. The molecule has 1 saturated heterocycles. The monoisotopic (exact) mass is 993 g/mol. The average molecular weight is 994 g/mol. The Kier molecular flexibility index (Phi) is 40.7. The van der Waals surface area contributed by atoms with Gasteiger partial charge in [0.1, 0.15) is 31.0 Å². The van der Waals surface area contributed by atoms with Gasteiger partial charge in [-0.05, 0) is 50.7 Å². The zero-order valence-electron chi connectivity index (χ0n) is 44.6. The molecule has 1 fully saturated rings. The summed E-state index contributed by atoms with van der Waals surface area (Å²) in [7, 11) is 0. The smallest absolute Gasteiger partial charge is 0.261 e. The van der Waals surface area contributed by atoms with E-state index in [1.54, 1.807) is 0 Å². The van der Waals surface area contributed by atoms with Crippen LogP contribution in [-0.4, -0.2) is 99.4 Å². The van der Waals surface area contributed by atoms with Gasteiger partial charge in [-0.2, -0.15) is 0 Å². The number of unbranched alkanes of at least 4 members (excludes halogenated alkanes) is 34. The third kappa shape index (κ3) is 33.1.